The Morgan fingerprint density at radius 3 is 2.44 bits per heavy atom. The Hall–Kier alpha value is -3.06. The van der Waals surface area contributed by atoms with E-state index in [0.717, 1.165) is 11.3 Å². The van der Waals surface area contributed by atoms with Gasteiger partial charge in [-0.2, -0.15) is 0 Å². The van der Waals surface area contributed by atoms with Crippen molar-refractivity contribution in [2.45, 2.75) is 13.0 Å². The van der Waals surface area contributed by atoms with Gasteiger partial charge in [-0.3, -0.25) is 4.79 Å². The van der Waals surface area contributed by atoms with Gasteiger partial charge in [0.2, 0.25) is 6.61 Å². The van der Waals surface area contributed by atoms with Crippen molar-refractivity contribution in [2.75, 3.05) is 19.0 Å². The zero-order chi connectivity index (χ0) is 19.6. The van der Waals surface area contributed by atoms with E-state index >= 15 is 0 Å². The van der Waals surface area contributed by atoms with E-state index in [9.17, 15) is 9.59 Å². The summed E-state index contributed by atoms with van der Waals surface area (Å²) in [5, 5.41) is 6.86. The largest absolute Gasteiger partial charge is 0.497 e. The second kappa shape index (κ2) is 10.2. The van der Waals surface area contributed by atoms with E-state index in [-0.39, 0.29) is 0 Å². The Bertz CT molecular complexity index is 791. The number of esters is 1. The smallest absolute Gasteiger partial charge is 0.347 e. The summed E-state index contributed by atoms with van der Waals surface area (Å²) in [7, 11) is 1.58. The quantitative estimate of drug-likeness (QED) is 0.424. The molecule has 2 aromatic rings. The Morgan fingerprint density at radius 1 is 1.15 bits per heavy atom. The molecule has 0 aliphatic carbocycles. The average Bonchev–Trinajstić information content (AvgIpc) is 2.67. The molecule has 142 valence electrons. The maximum atomic E-state index is 12.0. The van der Waals surface area contributed by atoms with Crippen LogP contribution in [-0.2, 0) is 19.2 Å². The molecule has 7 nitrogen and oxygen atoms in total. The molecule has 8 heteroatoms. The van der Waals surface area contributed by atoms with Crippen LogP contribution < -0.4 is 10.1 Å². The van der Waals surface area contributed by atoms with Crippen molar-refractivity contribution in [1.29, 1.82) is 0 Å². The van der Waals surface area contributed by atoms with Gasteiger partial charge in [0.15, 0.2) is 6.10 Å². The molecular weight excluding hydrogens is 372 g/mol. The highest BCUT2D eigenvalue weighted by Gasteiger charge is 2.18. The molecule has 1 atom stereocenters. The standard InChI is InChI=1S/C19H19ClN2O5/c1-13(19(24)22-16-7-5-15(20)6-8-16)27-18(23)12-26-21-11-14-3-9-17(25-2)10-4-14/h3-11,13H,12H2,1-2H3,(H,22,24)/b21-11-/t13-/m1/s1. The molecule has 0 heterocycles. The molecule has 0 saturated heterocycles. The van der Waals surface area contributed by atoms with Gasteiger partial charge in [0, 0.05) is 10.7 Å². The van der Waals surface area contributed by atoms with E-state index in [2.05, 4.69) is 10.5 Å². The van der Waals surface area contributed by atoms with Crippen LogP contribution in [0.2, 0.25) is 5.02 Å². The van der Waals surface area contributed by atoms with Gasteiger partial charge in [-0.15, -0.1) is 0 Å². The lowest BCUT2D eigenvalue weighted by Gasteiger charge is -2.13. The van der Waals surface area contributed by atoms with Crippen LogP contribution in [0.25, 0.3) is 0 Å². The molecule has 0 spiro atoms. The van der Waals surface area contributed by atoms with Gasteiger partial charge in [0.05, 0.1) is 13.3 Å². The highest BCUT2D eigenvalue weighted by molar-refractivity contribution is 6.30. The number of nitrogens with one attached hydrogen (secondary N) is 1. The molecule has 2 aromatic carbocycles. The molecule has 2 rings (SSSR count). The minimum Gasteiger partial charge on any atom is -0.497 e. The average molecular weight is 391 g/mol. The van der Waals surface area contributed by atoms with Crippen LogP contribution in [0.15, 0.2) is 53.7 Å². The second-order valence-electron chi connectivity index (χ2n) is 5.41. The number of oxime groups is 1. The summed E-state index contributed by atoms with van der Waals surface area (Å²) in [5.41, 5.74) is 1.33. The first kappa shape index (κ1) is 20.3. The Balaban J connectivity index is 1.72. The molecular formula is C19H19ClN2O5. The topological polar surface area (TPSA) is 86.2 Å². The van der Waals surface area contributed by atoms with E-state index in [1.807, 2.05) is 0 Å². The van der Waals surface area contributed by atoms with Crippen LogP contribution in [-0.4, -0.2) is 37.9 Å². The summed E-state index contributed by atoms with van der Waals surface area (Å²) in [4.78, 5) is 28.6. The normalized spacial score (nSPS) is 11.7. The number of carbonyl (C=O) groups is 2. The minimum atomic E-state index is -0.984. The highest BCUT2D eigenvalue weighted by Crippen LogP contribution is 2.14. The van der Waals surface area contributed by atoms with E-state index in [4.69, 9.17) is 25.9 Å². The Morgan fingerprint density at radius 2 is 1.81 bits per heavy atom. The van der Waals surface area contributed by atoms with Crippen molar-refractivity contribution in [3.05, 3.63) is 59.1 Å². The first-order valence-corrected chi connectivity index (χ1v) is 8.41. The van der Waals surface area contributed by atoms with Crippen molar-refractivity contribution in [1.82, 2.24) is 0 Å². The van der Waals surface area contributed by atoms with Crippen LogP contribution in [0, 0.1) is 0 Å². The molecule has 0 aliphatic heterocycles. The van der Waals surface area contributed by atoms with Crippen LogP contribution in [0.3, 0.4) is 0 Å². The molecule has 0 aromatic heterocycles. The zero-order valence-corrected chi connectivity index (χ0v) is 15.6. The van der Waals surface area contributed by atoms with Crippen molar-refractivity contribution < 1.29 is 23.9 Å². The zero-order valence-electron chi connectivity index (χ0n) is 14.8. The SMILES string of the molecule is COc1ccc(/C=N\OCC(=O)O[C@H](C)C(=O)Nc2ccc(Cl)cc2)cc1. The fourth-order valence-electron chi connectivity index (χ4n) is 1.94. The molecule has 0 saturated carbocycles. The van der Waals surface area contributed by atoms with Crippen LogP contribution in [0.4, 0.5) is 5.69 Å². The minimum absolute atomic E-state index is 0.411. The fourth-order valence-corrected chi connectivity index (χ4v) is 2.07. The number of benzene rings is 2. The number of carbonyl (C=O) groups excluding carboxylic acids is 2. The van der Waals surface area contributed by atoms with Gasteiger partial charge >= 0.3 is 5.97 Å². The van der Waals surface area contributed by atoms with Gasteiger partial charge in [0.1, 0.15) is 5.75 Å². The number of amides is 1. The summed E-state index contributed by atoms with van der Waals surface area (Å²) in [6.45, 7) is 1.05. The fraction of sp³-hybridized carbons (Fsp3) is 0.211. The molecule has 1 amide bonds. The number of hydrogen-bond donors (Lipinski definition) is 1. The first-order valence-electron chi connectivity index (χ1n) is 8.03. The highest BCUT2D eigenvalue weighted by atomic mass is 35.5. The van der Waals surface area contributed by atoms with Gasteiger partial charge in [0.25, 0.3) is 5.91 Å². The summed E-state index contributed by atoms with van der Waals surface area (Å²) in [6.07, 6.45) is 0.464. The summed E-state index contributed by atoms with van der Waals surface area (Å²) >= 11 is 5.78. The first-order chi connectivity index (χ1) is 13.0. The molecule has 0 fully saturated rings. The van der Waals surface area contributed by atoms with Crippen LogP contribution >= 0.6 is 11.6 Å². The van der Waals surface area contributed by atoms with Gasteiger partial charge in [-0.1, -0.05) is 16.8 Å². The van der Waals surface area contributed by atoms with Crippen molar-refractivity contribution >= 4 is 35.4 Å². The summed E-state index contributed by atoms with van der Waals surface area (Å²) < 4.78 is 10.0. The van der Waals surface area contributed by atoms with Crippen molar-refractivity contribution in [3.8, 4) is 5.75 Å². The second-order valence-corrected chi connectivity index (χ2v) is 5.85. The molecule has 27 heavy (non-hydrogen) atoms. The van der Waals surface area contributed by atoms with Gasteiger partial charge in [-0.25, -0.2) is 4.79 Å². The number of ether oxygens (including phenoxy) is 2. The maximum Gasteiger partial charge on any atom is 0.347 e. The molecule has 1 N–H and O–H groups in total. The van der Waals surface area contributed by atoms with Crippen molar-refractivity contribution in [3.63, 3.8) is 0 Å². The predicted molar refractivity (Wildman–Crippen MR) is 102 cm³/mol. The monoisotopic (exact) mass is 390 g/mol. The Kier molecular flexibility index (Phi) is 7.63. The number of rotatable bonds is 8. The summed E-state index contributed by atoms with van der Waals surface area (Å²) in [6, 6.07) is 13.7. The lowest BCUT2D eigenvalue weighted by atomic mass is 10.2. The summed E-state index contributed by atoms with van der Waals surface area (Å²) in [5.74, 6) is -0.449. The van der Waals surface area contributed by atoms with Gasteiger partial charge in [-0.05, 0) is 61.0 Å². The van der Waals surface area contributed by atoms with E-state index in [1.165, 1.54) is 13.1 Å². The maximum absolute atomic E-state index is 12.0. The molecule has 0 bridgehead atoms. The lowest BCUT2D eigenvalue weighted by Crippen LogP contribution is -2.31. The molecule has 0 aliphatic rings. The van der Waals surface area contributed by atoms with E-state index < -0.39 is 24.6 Å². The molecule has 0 radical (unpaired) electrons. The third-order valence-corrected chi connectivity index (χ3v) is 3.62. The Labute approximate surface area is 161 Å². The van der Waals surface area contributed by atoms with E-state index in [1.54, 1.807) is 55.6 Å². The number of hydrogen-bond acceptors (Lipinski definition) is 6. The molecule has 0 unspecified atom stereocenters. The third kappa shape index (κ3) is 6.99. The van der Waals surface area contributed by atoms with Crippen LogP contribution in [0.1, 0.15) is 12.5 Å². The van der Waals surface area contributed by atoms with Crippen molar-refractivity contribution in [2.24, 2.45) is 5.16 Å². The predicted octanol–water partition coefficient (Wildman–Crippen LogP) is 3.27. The van der Waals surface area contributed by atoms with Gasteiger partial charge < -0.3 is 19.6 Å². The van der Waals surface area contributed by atoms with E-state index in [0.29, 0.717) is 10.7 Å². The number of halogens is 1. The third-order valence-electron chi connectivity index (χ3n) is 3.36. The number of methoxy groups -OCH3 is 1. The number of anilines is 1. The lowest BCUT2D eigenvalue weighted by molar-refractivity contribution is -0.157. The van der Waals surface area contributed by atoms with Crippen LogP contribution in [0.5, 0.6) is 5.75 Å². The number of nitrogens with zero attached hydrogens (tertiary/aromatic N) is 1.